The Bertz CT molecular complexity index is 355. The molecule has 6 heteroatoms. The number of ether oxygens (including phenoxy) is 1. The third kappa shape index (κ3) is 5.77. The number of hydrogen-bond donors (Lipinski definition) is 3. The van der Waals surface area contributed by atoms with Crippen LogP contribution in [0.2, 0.25) is 0 Å². The summed E-state index contributed by atoms with van der Waals surface area (Å²) in [6, 6.07) is 0.137. The van der Waals surface area contributed by atoms with Gasteiger partial charge in [0.1, 0.15) is 5.60 Å². The molecule has 116 valence electrons. The fourth-order valence-electron chi connectivity index (χ4n) is 2.56. The molecule has 0 spiro atoms. The van der Waals surface area contributed by atoms with Gasteiger partial charge in [-0.2, -0.15) is 0 Å². The number of nitrogens with two attached hydrogens (primary N) is 1. The van der Waals surface area contributed by atoms with Crippen molar-refractivity contribution in [1.29, 1.82) is 0 Å². The predicted octanol–water partition coefficient (Wildman–Crippen LogP) is 1.87. The zero-order chi connectivity index (χ0) is 15.4. The van der Waals surface area contributed by atoms with E-state index in [1.54, 1.807) is 20.8 Å². The number of rotatable bonds is 4. The standard InChI is InChI=1S/C14H26N2O4/c1-13(2,3)20-12(19)16-9-14(8-11(17)18)6-4-10(15)5-7-14/h10H,4-9,15H2,1-3H3,(H,16,19)(H,17,18). The maximum absolute atomic E-state index is 11.7. The fourth-order valence-corrected chi connectivity index (χ4v) is 2.56. The molecule has 0 aromatic carbocycles. The molecule has 1 aliphatic rings. The van der Waals surface area contributed by atoms with Crippen molar-refractivity contribution < 1.29 is 19.4 Å². The average molecular weight is 286 g/mol. The number of aliphatic carboxylic acids is 1. The summed E-state index contributed by atoms with van der Waals surface area (Å²) in [5, 5.41) is 11.8. The average Bonchev–Trinajstić information content (AvgIpc) is 2.28. The lowest BCUT2D eigenvalue weighted by atomic mass is 9.70. The van der Waals surface area contributed by atoms with Gasteiger partial charge in [-0.05, 0) is 51.9 Å². The molecule has 0 unspecified atom stereocenters. The van der Waals surface area contributed by atoms with Crippen LogP contribution >= 0.6 is 0 Å². The number of carbonyl (C=O) groups is 2. The topological polar surface area (TPSA) is 102 Å². The van der Waals surface area contributed by atoms with Gasteiger partial charge in [-0.25, -0.2) is 4.79 Å². The van der Waals surface area contributed by atoms with Crippen molar-refractivity contribution in [2.24, 2.45) is 11.1 Å². The first kappa shape index (κ1) is 16.8. The smallest absolute Gasteiger partial charge is 0.407 e. The number of carboxylic acid groups (broad SMARTS) is 1. The zero-order valence-electron chi connectivity index (χ0n) is 12.6. The van der Waals surface area contributed by atoms with Crippen LogP contribution in [0.25, 0.3) is 0 Å². The lowest BCUT2D eigenvalue weighted by Crippen LogP contribution is -2.44. The van der Waals surface area contributed by atoms with Crippen molar-refractivity contribution in [1.82, 2.24) is 5.32 Å². The van der Waals surface area contributed by atoms with Gasteiger partial charge < -0.3 is 20.9 Å². The Morgan fingerprint density at radius 3 is 2.35 bits per heavy atom. The summed E-state index contributed by atoms with van der Waals surface area (Å²) in [5.41, 5.74) is 4.91. The molecule has 0 aromatic rings. The van der Waals surface area contributed by atoms with E-state index in [4.69, 9.17) is 15.6 Å². The van der Waals surface area contributed by atoms with Gasteiger partial charge in [0.25, 0.3) is 0 Å². The van der Waals surface area contributed by atoms with Crippen molar-refractivity contribution in [3.8, 4) is 0 Å². The highest BCUT2D eigenvalue weighted by atomic mass is 16.6. The lowest BCUT2D eigenvalue weighted by molar-refractivity contribution is -0.140. The van der Waals surface area contributed by atoms with Crippen LogP contribution in [-0.4, -0.2) is 35.4 Å². The third-order valence-corrected chi connectivity index (χ3v) is 3.62. The molecular formula is C14H26N2O4. The van der Waals surface area contributed by atoms with E-state index in [9.17, 15) is 9.59 Å². The fraction of sp³-hybridized carbons (Fsp3) is 0.857. The molecule has 1 saturated carbocycles. The van der Waals surface area contributed by atoms with E-state index < -0.39 is 23.1 Å². The molecule has 0 aliphatic heterocycles. The highest BCUT2D eigenvalue weighted by molar-refractivity contribution is 5.69. The summed E-state index contributed by atoms with van der Waals surface area (Å²) in [6.45, 7) is 5.69. The van der Waals surface area contributed by atoms with E-state index in [1.165, 1.54) is 0 Å². The second-order valence-electron chi connectivity index (χ2n) is 6.76. The quantitative estimate of drug-likeness (QED) is 0.732. The Balaban J connectivity index is 2.57. The molecule has 0 saturated heterocycles. The summed E-state index contributed by atoms with van der Waals surface area (Å²) in [4.78, 5) is 22.7. The van der Waals surface area contributed by atoms with Crippen LogP contribution in [0.5, 0.6) is 0 Å². The van der Waals surface area contributed by atoms with Gasteiger partial charge in [0.2, 0.25) is 0 Å². The van der Waals surface area contributed by atoms with E-state index in [2.05, 4.69) is 5.32 Å². The number of alkyl carbamates (subject to hydrolysis) is 1. The highest BCUT2D eigenvalue weighted by Gasteiger charge is 2.37. The molecule has 6 nitrogen and oxygen atoms in total. The minimum absolute atomic E-state index is 0.0511. The van der Waals surface area contributed by atoms with Crippen LogP contribution in [0.4, 0.5) is 4.79 Å². The number of nitrogens with one attached hydrogen (secondary N) is 1. The zero-order valence-corrected chi connectivity index (χ0v) is 12.6. The normalized spacial score (nSPS) is 26.9. The van der Waals surface area contributed by atoms with Crippen molar-refractivity contribution in [2.45, 2.75) is 64.5 Å². The van der Waals surface area contributed by atoms with Crippen LogP contribution in [0, 0.1) is 5.41 Å². The van der Waals surface area contributed by atoms with Gasteiger partial charge >= 0.3 is 12.1 Å². The first-order valence-electron chi connectivity index (χ1n) is 7.06. The molecule has 4 N–H and O–H groups in total. The highest BCUT2D eigenvalue weighted by Crippen LogP contribution is 2.38. The Labute approximate surface area is 120 Å². The summed E-state index contributed by atoms with van der Waals surface area (Å²) >= 11 is 0. The van der Waals surface area contributed by atoms with E-state index in [1.807, 2.05) is 0 Å². The third-order valence-electron chi connectivity index (χ3n) is 3.62. The molecule has 1 aliphatic carbocycles. The molecule has 0 bridgehead atoms. The van der Waals surface area contributed by atoms with Crippen LogP contribution in [0.15, 0.2) is 0 Å². The lowest BCUT2D eigenvalue weighted by Gasteiger charge is -2.38. The van der Waals surface area contributed by atoms with E-state index in [0.29, 0.717) is 6.54 Å². The monoisotopic (exact) mass is 286 g/mol. The summed E-state index contributed by atoms with van der Waals surface area (Å²) < 4.78 is 5.18. The number of hydrogen-bond acceptors (Lipinski definition) is 4. The van der Waals surface area contributed by atoms with Crippen molar-refractivity contribution in [3.05, 3.63) is 0 Å². The Hall–Kier alpha value is -1.30. The Kier molecular flexibility index (Phi) is 5.39. The molecule has 0 atom stereocenters. The molecule has 0 aromatic heterocycles. The van der Waals surface area contributed by atoms with Gasteiger partial charge in [0, 0.05) is 12.6 Å². The van der Waals surface area contributed by atoms with Gasteiger partial charge in [0.05, 0.1) is 6.42 Å². The van der Waals surface area contributed by atoms with Gasteiger partial charge in [0.15, 0.2) is 0 Å². The number of carbonyl (C=O) groups excluding carboxylic acids is 1. The van der Waals surface area contributed by atoms with Gasteiger partial charge in [-0.15, -0.1) is 0 Å². The van der Waals surface area contributed by atoms with E-state index >= 15 is 0 Å². The van der Waals surface area contributed by atoms with E-state index in [0.717, 1.165) is 25.7 Å². The number of carboxylic acids is 1. The van der Waals surface area contributed by atoms with Crippen LogP contribution in [-0.2, 0) is 9.53 Å². The maximum Gasteiger partial charge on any atom is 0.407 e. The summed E-state index contributed by atoms with van der Waals surface area (Å²) in [6.07, 6.45) is 2.58. The maximum atomic E-state index is 11.7. The minimum Gasteiger partial charge on any atom is -0.481 e. The first-order valence-corrected chi connectivity index (χ1v) is 7.06. The predicted molar refractivity (Wildman–Crippen MR) is 75.4 cm³/mol. The second kappa shape index (κ2) is 6.43. The SMILES string of the molecule is CC(C)(C)OC(=O)NCC1(CC(=O)O)CCC(N)CC1. The van der Waals surface area contributed by atoms with Crippen molar-refractivity contribution in [3.63, 3.8) is 0 Å². The van der Waals surface area contributed by atoms with Crippen molar-refractivity contribution in [2.75, 3.05) is 6.54 Å². The van der Waals surface area contributed by atoms with E-state index in [-0.39, 0.29) is 12.5 Å². The second-order valence-corrected chi connectivity index (χ2v) is 6.76. The van der Waals surface area contributed by atoms with Crippen LogP contribution in [0.1, 0.15) is 52.9 Å². The molecule has 0 heterocycles. The minimum atomic E-state index is -0.841. The Morgan fingerprint density at radius 2 is 1.90 bits per heavy atom. The molecule has 0 radical (unpaired) electrons. The first-order chi connectivity index (χ1) is 9.12. The molecule has 20 heavy (non-hydrogen) atoms. The molecular weight excluding hydrogens is 260 g/mol. The molecule has 1 fully saturated rings. The van der Waals surface area contributed by atoms with Gasteiger partial charge in [-0.3, -0.25) is 4.79 Å². The van der Waals surface area contributed by atoms with Gasteiger partial charge in [-0.1, -0.05) is 0 Å². The number of amides is 1. The molecule has 1 amide bonds. The van der Waals surface area contributed by atoms with Crippen molar-refractivity contribution >= 4 is 12.1 Å². The summed E-state index contributed by atoms with van der Waals surface area (Å²) in [5.74, 6) is -0.841. The Morgan fingerprint density at radius 1 is 1.35 bits per heavy atom. The summed E-state index contributed by atoms with van der Waals surface area (Å²) in [7, 11) is 0. The van der Waals surface area contributed by atoms with Crippen LogP contribution < -0.4 is 11.1 Å². The molecule has 1 rings (SSSR count). The van der Waals surface area contributed by atoms with Crippen LogP contribution in [0.3, 0.4) is 0 Å². The largest absolute Gasteiger partial charge is 0.481 e.